The summed E-state index contributed by atoms with van der Waals surface area (Å²) in [5.74, 6) is -2.37. The van der Waals surface area contributed by atoms with E-state index in [0.717, 1.165) is 37.9 Å². The number of nitrogens with zero attached hydrogens (tertiary/aromatic N) is 3. The minimum atomic E-state index is -0.985. The van der Waals surface area contributed by atoms with Crippen molar-refractivity contribution in [2.24, 2.45) is 11.8 Å². The van der Waals surface area contributed by atoms with E-state index in [-0.39, 0.29) is 24.4 Å². The molecule has 9 nitrogen and oxygen atoms in total. The number of thioether (sulfide) groups is 1. The molecule has 3 fully saturated rings. The lowest BCUT2D eigenvalue weighted by atomic mass is 9.74. The summed E-state index contributed by atoms with van der Waals surface area (Å²) in [4.78, 5) is 48.9. The zero-order chi connectivity index (χ0) is 29.3. The second kappa shape index (κ2) is 12.1. The number of fused-ring (bicyclic) bond motifs is 2. The van der Waals surface area contributed by atoms with E-state index in [4.69, 9.17) is 9.47 Å². The van der Waals surface area contributed by atoms with E-state index in [1.54, 1.807) is 16.7 Å². The number of cyclic esters (lactones) is 1. The molecule has 0 radical (unpaired) electrons. The fourth-order valence-corrected chi connectivity index (χ4v) is 9.58. The molecule has 5 aliphatic heterocycles. The number of ether oxygens (including phenoxy) is 2. The summed E-state index contributed by atoms with van der Waals surface area (Å²) in [6.07, 6.45) is 10.8. The maximum atomic E-state index is 14.7. The summed E-state index contributed by atoms with van der Waals surface area (Å²) < 4.78 is 9.56. The van der Waals surface area contributed by atoms with Gasteiger partial charge < -0.3 is 24.4 Å². The van der Waals surface area contributed by atoms with Gasteiger partial charge in [0.25, 0.3) is 0 Å². The van der Waals surface area contributed by atoms with Gasteiger partial charge in [-0.2, -0.15) is 0 Å². The highest BCUT2D eigenvalue weighted by Crippen LogP contribution is 2.66. The number of esters is 1. The first kappa shape index (κ1) is 29.4. The Morgan fingerprint density at radius 3 is 2.52 bits per heavy atom. The number of aliphatic hydroxyl groups excluding tert-OH is 1. The Morgan fingerprint density at radius 2 is 1.76 bits per heavy atom. The maximum Gasteiger partial charge on any atom is 0.311 e. The van der Waals surface area contributed by atoms with Crippen LogP contribution in [0, 0.1) is 11.8 Å². The smallest absolute Gasteiger partial charge is 0.311 e. The van der Waals surface area contributed by atoms with E-state index >= 15 is 0 Å². The number of benzene rings is 1. The number of morpholine rings is 1. The van der Waals surface area contributed by atoms with E-state index in [1.165, 1.54) is 0 Å². The normalized spacial score (nSPS) is 35.2. The van der Waals surface area contributed by atoms with Gasteiger partial charge in [-0.1, -0.05) is 54.6 Å². The molecular weight excluding hydrogens is 554 g/mol. The molecular formula is C32H41N3O6S. The van der Waals surface area contributed by atoms with E-state index in [0.29, 0.717) is 39.5 Å². The van der Waals surface area contributed by atoms with Crippen molar-refractivity contribution >= 4 is 29.5 Å². The van der Waals surface area contributed by atoms with Crippen LogP contribution in [0.25, 0.3) is 0 Å². The van der Waals surface area contributed by atoms with Crippen LogP contribution in [0.1, 0.15) is 37.8 Å². The van der Waals surface area contributed by atoms with E-state index in [1.807, 2.05) is 54.3 Å². The molecule has 1 unspecified atom stereocenters. The Morgan fingerprint density at radius 1 is 0.976 bits per heavy atom. The van der Waals surface area contributed by atoms with Gasteiger partial charge in [0.1, 0.15) is 6.04 Å². The highest BCUT2D eigenvalue weighted by Gasteiger charge is 2.74. The maximum absolute atomic E-state index is 14.7. The van der Waals surface area contributed by atoms with Gasteiger partial charge in [0.2, 0.25) is 11.8 Å². The predicted octanol–water partition coefficient (Wildman–Crippen LogP) is 2.42. The van der Waals surface area contributed by atoms with Crippen LogP contribution in [0.4, 0.5) is 0 Å². The van der Waals surface area contributed by atoms with Crippen molar-refractivity contribution in [3.05, 3.63) is 60.2 Å². The average Bonchev–Trinajstić information content (AvgIpc) is 3.33. The Hall–Kier alpha value is -2.66. The summed E-state index contributed by atoms with van der Waals surface area (Å²) in [7, 11) is 0. The minimum absolute atomic E-state index is 0.143. The van der Waals surface area contributed by atoms with Crippen molar-refractivity contribution < 1.29 is 29.0 Å². The lowest BCUT2D eigenvalue weighted by molar-refractivity contribution is -0.155. The van der Waals surface area contributed by atoms with Crippen molar-refractivity contribution in [3.63, 3.8) is 0 Å². The lowest BCUT2D eigenvalue weighted by Crippen LogP contribution is -2.55. The van der Waals surface area contributed by atoms with Crippen LogP contribution in [0.15, 0.2) is 54.6 Å². The predicted molar refractivity (Wildman–Crippen MR) is 160 cm³/mol. The fourth-order valence-electron chi connectivity index (χ4n) is 7.44. The van der Waals surface area contributed by atoms with Crippen molar-refractivity contribution in [1.29, 1.82) is 0 Å². The number of rotatable bonds is 6. The topological polar surface area (TPSA) is 99.6 Å². The van der Waals surface area contributed by atoms with Crippen LogP contribution < -0.4 is 0 Å². The largest absolute Gasteiger partial charge is 0.465 e. The van der Waals surface area contributed by atoms with Gasteiger partial charge in [0.15, 0.2) is 0 Å². The summed E-state index contributed by atoms with van der Waals surface area (Å²) in [5.41, 5.74) is 0.755. The minimum Gasteiger partial charge on any atom is -0.465 e. The molecule has 0 aliphatic carbocycles. The van der Waals surface area contributed by atoms with E-state index in [9.17, 15) is 19.5 Å². The van der Waals surface area contributed by atoms with Gasteiger partial charge >= 0.3 is 5.97 Å². The number of aliphatic hydroxyl groups is 1. The van der Waals surface area contributed by atoms with Gasteiger partial charge in [0, 0.05) is 37.5 Å². The molecule has 1 aromatic rings. The standard InChI is InChI=1S/C32H41N3O6S/c1-31-12-7-2-3-8-19-41-30(39)26(31)25-28(37)35(24(22-36)23-10-5-4-6-11-23)27-29(38)34(14-9-13-32(25,27)42-31)16-15-33-17-20-40-21-18-33/h4-7,9-13,24-27,36H,2-3,8,14-22H2,1H3/b12-7-/t24-,25+,26-,27?,31+,32+/m1/s1. The molecule has 226 valence electrons. The molecule has 3 saturated heterocycles. The van der Waals surface area contributed by atoms with Gasteiger partial charge in [-0.3, -0.25) is 19.3 Å². The van der Waals surface area contributed by atoms with Crippen LogP contribution in [-0.4, -0.2) is 112 Å². The zero-order valence-corrected chi connectivity index (χ0v) is 25.0. The molecule has 10 heteroatoms. The third-order valence-electron chi connectivity index (χ3n) is 9.50. The van der Waals surface area contributed by atoms with Crippen LogP contribution in [0.2, 0.25) is 0 Å². The molecule has 5 aliphatic rings. The Balaban J connectivity index is 1.43. The Labute approximate surface area is 251 Å². The van der Waals surface area contributed by atoms with Gasteiger partial charge in [-0.15, -0.1) is 11.8 Å². The molecule has 0 aromatic heterocycles. The van der Waals surface area contributed by atoms with Crippen LogP contribution in [-0.2, 0) is 23.9 Å². The number of carbonyl (C=O) groups excluding carboxylic acids is 3. The number of allylic oxidation sites excluding steroid dienone is 1. The van der Waals surface area contributed by atoms with Crippen molar-refractivity contribution in [1.82, 2.24) is 14.7 Å². The molecule has 2 amide bonds. The number of likely N-dealkylation sites (tertiary alicyclic amines) is 1. The van der Waals surface area contributed by atoms with Crippen molar-refractivity contribution in [2.45, 2.75) is 47.8 Å². The van der Waals surface area contributed by atoms with E-state index < -0.39 is 33.4 Å². The number of hydrogen-bond acceptors (Lipinski definition) is 8. The Kier molecular flexibility index (Phi) is 8.51. The van der Waals surface area contributed by atoms with Gasteiger partial charge in [-0.05, 0) is 31.7 Å². The zero-order valence-electron chi connectivity index (χ0n) is 24.2. The van der Waals surface area contributed by atoms with Gasteiger partial charge in [-0.25, -0.2) is 0 Å². The first-order chi connectivity index (χ1) is 20.4. The second-order valence-corrected chi connectivity index (χ2v) is 13.8. The third kappa shape index (κ3) is 5.10. The summed E-state index contributed by atoms with van der Waals surface area (Å²) in [6.45, 7) is 6.64. The quantitative estimate of drug-likeness (QED) is 0.396. The summed E-state index contributed by atoms with van der Waals surface area (Å²) in [5, 5.41) is 10.7. The molecule has 1 spiro atoms. The molecule has 1 N–H and O–H groups in total. The van der Waals surface area contributed by atoms with Crippen LogP contribution in [0.5, 0.6) is 0 Å². The fraction of sp³-hybridized carbons (Fsp3) is 0.594. The first-order valence-corrected chi connectivity index (χ1v) is 16.0. The van der Waals surface area contributed by atoms with Gasteiger partial charge in [0.05, 0.1) is 49.1 Å². The molecule has 0 bridgehead atoms. The lowest BCUT2D eigenvalue weighted by Gasteiger charge is -2.40. The SMILES string of the molecule is C[C@]12/C=C\CCCCOC(=O)[C@H]1[C@H]1C(=O)N([C@H](CO)c3ccccc3)C3C(=O)N(CCN4CCOCC4)CC=C[C@@]31S2. The highest BCUT2D eigenvalue weighted by atomic mass is 32.2. The third-order valence-corrected chi connectivity index (χ3v) is 11.3. The van der Waals surface area contributed by atoms with E-state index in [2.05, 4.69) is 17.1 Å². The second-order valence-electron chi connectivity index (χ2n) is 12.1. The summed E-state index contributed by atoms with van der Waals surface area (Å²) in [6, 6.07) is 7.77. The molecule has 6 atom stereocenters. The monoisotopic (exact) mass is 595 g/mol. The molecule has 1 aromatic carbocycles. The summed E-state index contributed by atoms with van der Waals surface area (Å²) >= 11 is 1.54. The van der Waals surface area contributed by atoms with Crippen molar-refractivity contribution in [2.75, 3.05) is 59.2 Å². The number of carbonyl (C=O) groups is 3. The first-order valence-electron chi connectivity index (χ1n) is 15.2. The molecule has 42 heavy (non-hydrogen) atoms. The van der Waals surface area contributed by atoms with Crippen LogP contribution in [0.3, 0.4) is 0 Å². The molecule has 6 rings (SSSR count). The molecule has 0 saturated carbocycles. The number of hydrogen-bond donors (Lipinski definition) is 1. The average molecular weight is 596 g/mol. The Bertz CT molecular complexity index is 1240. The number of amides is 2. The van der Waals surface area contributed by atoms with Crippen LogP contribution >= 0.6 is 11.8 Å². The van der Waals surface area contributed by atoms with Crippen molar-refractivity contribution in [3.8, 4) is 0 Å². The molecule has 5 heterocycles. The highest BCUT2D eigenvalue weighted by molar-refractivity contribution is 8.02.